The summed E-state index contributed by atoms with van der Waals surface area (Å²) in [6.45, 7) is 2.32. The molecule has 3 rings (SSSR count). The molecule has 1 unspecified atom stereocenters. The number of rotatable bonds is 6. The van der Waals surface area contributed by atoms with E-state index in [1.165, 1.54) is 6.07 Å². The molecule has 1 atom stereocenters. The summed E-state index contributed by atoms with van der Waals surface area (Å²) in [5, 5.41) is 18.7. The summed E-state index contributed by atoms with van der Waals surface area (Å²) in [6, 6.07) is 12.4. The van der Waals surface area contributed by atoms with Crippen LogP contribution in [0.1, 0.15) is 24.5 Å². The lowest BCUT2D eigenvalue weighted by atomic mass is 9.93. The fourth-order valence-electron chi connectivity index (χ4n) is 2.93. The first kappa shape index (κ1) is 18.4. The van der Waals surface area contributed by atoms with Crippen molar-refractivity contribution in [1.82, 2.24) is 5.43 Å². The van der Waals surface area contributed by atoms with Crippen molar-refractivity contribution in [3.63, 3.8) is 0 Å². The zero-order valence-electron chi connectivity index (χ0n) is 15.1. The maximum atomic E-state index is 11.5. The third-order valence-electron chi connectivity index (χ3n) is 4.39. The van der Waals surface area contributed by atoms with E-state index in [-0.39, 0.29) is 17.5 Å². The second-order valence-corrected chi connectivity index (χ2v) is 6.33. The number of carbonyl (C=O) groups excluding carboxylic acids is 1. The van der Waals surface area contributed by atoms with E-state index in [0.29, 0.717) is 29.9 Å². The molecule has 1 heterocycles. The van der Waals surface area contributed by atoms with E-state index in [2.05, 4.69) is 15.8 Å². The molecule has 1 aliphatic heterocycles. The van der Waals surface area contributed by atoms with E-state index in [4.69, 9.17) is 4.74 Å². The van der Waals surface area contributed by atoms with Gasteiger partial charge in [-0.2, -0.15) is 5.10 Å². The lowest BCUT2D eigenvalue weighted by Crippen LogP contribution is -2.32. The minimum atomic E-state index is -0.424. The van der Waals surface area contributed by atoms with Gasteiger partial charge in [0, 0.05) is 30.5 Å². The number of anilines is 1. The molecule has 0 bridgehead atoms. The van der Waals surface area contributed by atoms with E-state index in [1.807, 2.05) is 31.2 Å². The smallest absolute Gasteiger partial charge is 0.292 e. The average Bonchev–Trinajstić information content (AvgIpc) is 2.66. The van der Waals surface area contributed by atoms with E-state index in [0.717, 1.165) is 11.3 Å². The lowest BCUT2D eigenvalue weighted by Gasteiger charge is -2.19. The van der Waals surface area contributed by atoms with Crippen molar-refractivity contribution in [1.29, 1.82) is 0 Å². The van der Waals surface area contributed by atoms with E-state index < -0.39 is 4.92 Å². The Bertz CT molecular complexity index is 893. The van der Waals surface area contributed by atoms with E-state index in [9.17, 15) is 14.9 Å². The molecule has 0 radical (unpaired) electrons. The number of nitro groups is 1. The Morgan fingerprint density at radius 1 is 1.30 bits per heavy atom. The summed E-state index contributed by atoms with van der Waals surface area (Å²) < 4.78 is 5.12. The molecule has 140 valence electrons. The number of nitro benzene ring substituents is 1. The molecule has 2 aromatic rings. The third kappa shape index (κ3) is 4.22. The zero-order valence-corrected chi connectivity index (χ0v) is 15.1. The fraction of sp³-hybridized carbons (Fsp3) is 0.263. The largest absolute Gasteiger partial charge is 0.497 e. The molecule has 1 amide bonds. The Kier molecular flexibility index (Phi) is 5.35. The van der Waals surface area contributed by atoms with Crippen LogP contribution in [0.5, 0.6) is 5.75 Å². The number of nitrogens with zero attached hydrogens (tertiary/aromatic N) is 2. The van der Waals surface area contributed by atoms with Crippen LogP contribution >= 0.6 is 0 Å². The molecule has 0 aliphatic carbocycles. The summed E-state index contributed by atoms with van der Waals surface area (Å²) in [7, 11) is 1.60. The van der Waals surface area contributed by atoms with Gasteiger partial charge >= 0.3 is 0 Å². The summed E-state index contributed by atoms with van der Waals surface area (Å²) >= 11 is 0. The van der Waals surface area contributed by atoms with E-state index in [1.54, 1.807) is 19.2 Å². The topological polar surface area (TPSA) is 106 Å². The van der Waals surface area contributed by atoms with Crippen LogP contribution in [0.4, 0.5) is 11.4 Å². The molecule has 8 nitrogen and oxygen atoms in total. The SMILES string of the molecule is COc1ccc(CNc2ccc(C3=NNC(=O)CC3C)cc2[N+](=O)[O-])cc1. The maximum Gasteiger partial charge on any atom is 0.292 e. The summed E-state index contributed by atoms with van der Waals surface area (Å²) in [6.07, 6.45) is 0.310. The Labute approximate surface area is 156 Å². The van der Waals surface area contributed by atoms with Crippen molar-refractivity contribution in [3.05, 3.63) is 63.7 Å². The molecule has 0 saturated carbocycles. The molecular formula is C19H20N4O4. The average molecular weight is 368 g/mol. The third-order valence-corrected chi connectivity index (χ3v) is 4.39. The molecule has 2 N–H and O–H groups in total. The number of hydrogen-bond donors (Lipinski definition) is 2. The quantitative estimate of drug-likeness (QED) is 0.602. The van der Waals surface area contributed by atoms with Crippen molar-refractivity contribution in [2.75, 3.05) is 12.4 Å². The Balaban J connectivity index is 1.81. The van der Waals surface area contributed by atoms with Gasteiger partial charge in [-0.15, -0.1) is 0 Å². The standard InChI is InChI=1S/C19H20N4O4/c1-12-9-18(24)21-22-19(12)14-5-8-16(17(10-14)23(25)26)20-11-13-3-6-15(27-2)7-4-13/h3-8,10,12,20H,9,11H2,1-2H3,(H,21,24). The number of amides is 1. The van der Waals surface area contributed by atoms with Gasteiger partial charge in [0.1, 0.15) is 11.4 Å². The van der Waals surface area contributed by atoms with E-state index >= 15 is 0 Å². The molecule has 0 aromatic heterocycles. The number of benzene rings is 2. The van der Waals surface area contributed by atoms with Crippen molar-refractivity contribution in [3.8, 4) is 5.75 Å². The van der Waals surface area contributed by atoms with Crippen molar-refractivity contribution in [2.45, 2.75) is 19.9 Å². The predicted octanol–water partition coefficient (Wildman–Crippen LogP) is 3.08. The highest BCUT2D eigenvalue weighted by Gasteiger charge is 2.24. The Hall–Kier alpha value is -3.42. The molecule has 0 fully saturated rings. The monoisotopic (exact) mass is 368 g/mol. The summed E-state index contributed by atoms with van der Waals surface area (Å²) in [5.41, 5.74) is 5.06. The van der Waals surface area contributed by atoms with Gasteiger partial charge in [-0.1, -0.05) is 25.1 Å². The molecule has 0 saturated heterocycles. The number of nitrogens with one attached hydrogen (secondary N) is 2. The number of methoxy groups -OCH3 is 1. The molecule has 8 heteroatoms. The fourth-order valence-corrected chi connectivity index (χ4v) is 2.93. The normalized spacial score (nSPS) is 16.3. The van der Waals surface area contributed by atoms with Gasteiger partial charge < -0.3 is 10.1 Å². The summed E-state index contributed by atoms with van der Waals surface area (Å²) in [5.74, 6) is 0.499. The Morgan fingerprint density at radius 3 is 2.67 bits per heavy atom. The molecule has 2 aromatic carbocycles. The first-order chi connectivity index (χ1) is 13.0. The van der Waals surface area contributed by atoms with Crippen LogP contribution in [-0.2, 0) is 11.3 Å². The van der Waals surface area contributed by atoms with Gasteiger partial charge in [0.05, 0.1) is 17.7 Å². The highest BCUT2D eigenvalue weighted by Crippen LogP contribution is 2.28. The van der Waals surface area contributed by atoms with Crippen LogP contribution in [0.3, 0.4) is 0 Å². The molecular weight excluding hydrogens is 348 g/mol. The van der Waals surface area contributed by atoms with Crippen molar-refractivity contribution >= 4 is 23.0 Å². The highest BCUT2D eigenvalue weighted by molar-refractivity contribution is 6.06. The van der Waals surface area contributed by atoms with Gasteiger partial charge in [-0.25, -0.2) is 5.43 Å². The minimum absolute atomic E-state index is 0.0344. The van der Waals surface area contributed by atoms with Crippen molar-refractivity contribution < 1.29 is 14.5 Å². The minimum Gasteiger partial charge on any atom is -0.497 e. The second kappa shape index (κ2) is 7.86. The van der Waals surface area contributed by atoms with Gasteiger partial charge in [0.15, 0.2) is 0 Å². The lowest BCUT2D eigenvalue weighted by molar-refractivity contribution is -0.384. The number of hydrazone groups is 1. The number of ether oxygens (including phenoxy) is 1. The van der Waals surface area contributed by atoms with Crippen LogP contribution in [0.25, 0.3) is 0 Å². The van der Waals surface area contributed by atoms with Crippen LogP contribution in [0.2, 0.25) is 0 Å². The summed E-state index contributed by atoms with van der Waals surface area (Å²) in [4.78, 5) is 22.5. The van der Waals surface area contributed by atoms with Gasteiger partial charge in [0.25, 0.3) is 5.69 Å². The highest BCUT2D eigenvalue weighted by atomic mass is 16.6. The maximum absolute atomic E-state index is 11.5. The molecule has 0 spiro atoms. The van der Waals surface area contributed by atoms with Gasteiger partial charge in [-0.05, 0) is 23.8 Å². The molecule has 1 aliphatic rings. The first-order valence-corrected chi connectivity index (χ1v) is 8.50. The Morgan fingerprint density at radius 2 is 2.04 bits per heavy atom. The predicted molar refractivity (Wildman–Crippen MR) is 102 cm³/mol. The molecule has 27 heavy (non-hydrogen) atoms. The van der Waals surface area contributed by atoms with Crippen molar-refractivity contribution in [2.24, 2.45) is 11.0 Å². The number of carbonyl (C=O) groups is 1. The zero-order chi connectivity index (χ0) is 19.4. The van der Waals surface area contributed by atoms with Crippen LogP contribution in [0, 0.1) is 16.0 Å². The van der Waals surface area contributed by atoms with Crippen LogP contribution < -0.4 is 15.5 Å². The number of hydrogen-bond acceptors (Lipinski definition) is 6. The van der Waals surface area contributed by atoms with Crippen LogP contribution in [-0.4, -0.2) is 23.7 Å². The van der Waals surface area contributed by atoms with Crippen LogP contribution in [0.15, 0.2) is 47.6 Å². The second-order valence-electron chi connectivity index (χ2n) is 6.33. The van der Waals surface area contributed by atoms with Gasteiger partial charge in [-0.3, -0.25) is 14.9 Å². The first-order valence-electron chi connectivity index (χ1n) is 8.50. The van der Waals surface area contributed by atoms with Gasteiger partial charge in [0.2, 0.25) is 5.91 Å².